The molecule has 0 radical (unpaired) electrons. The predicted octanol–water partition coefficient (Wildman–Crippen LogP) is 3.75. The number of nitrogens with one attached hydrogen (secondary N) is 1. The van der Waals surface area contributed by atoms with Gasteiger partial charge in [-0.15, -0.1) is 0 Å². The van der Waals surface area contributed by atoms with E-state index >= 15 is 0 Å². The largest absolute Gasteiger partial charge is 0.369 e. The van der Waals surface area contributed by atoms with Gasteiger partial charge in [0.15, 0.2) is 0 Å². The molecule has 0 amide bonds. The van der Waals surface area contributed by atoms with Gasteiger partial charge in [-0.05, 0) is 47.5 Å². The van der Waals surface area contributed by atoms with Crippen LogP contribution in [0.25, 0.3) is 0 Å². The molecule has 3 rings (SSSR count). The highest BCUT2D eigenvalue weighted by Gasteiger charge is 2.32. The molecule has 0 aromatic carbocycles. The van der Waals surface area contributed by atoms with Gasteiger partial charge in [0.05, 0.1) is 16.2 Å². The first-order valence-corrected chi connectivity index (χ1v) is 7.61. The van der Waals surface area contributed by atoms with E-state index in [4.69, 9.17) is 5.10 Å². The van der Waals surface area contributed by atoms with Crippen LogP contribution >= 0.6 is 15.9 Å². The van der Waals surface area contributed by atoms with Crippen molar-refractivity contribution in [2.24, 2.45) is 5.92 Å². The zero-order chi connectivity index (χ0) is 11.8. The van der Waals surface area contributed by atoms with Crippen LogP contribution in [-0.4, -0.2) is 16.3 Å². The number of hydrogen-bond donors (Lipinski definition) is 1. The van der Waals surface area contributed by atoms with Crippen LogP contribution in [-0.2, 0) is 6.42 Å². The maximum atomic E-state index is 4.80. The molecule has 1 aromatic rings. The lowest BCUT2D eigenvalue weighted by Gasteiger charge is -2.30. The molecule has 1 unspecified atom stereocenters. The number of hydrogen-bond acceptors (Lipinski definition) is 2. The third-order valence-electron chi connectivity index (χ3n) is 4.24. The van der Waals surface area contributed by atoms with Crippen LogP contribution < -0.4 is 5.32 Å². The second kappa shape index (κ2) is 4.63. The van der Waals surface area contributed by atoms with Crippen LogP contribution in [0.5, 0.6) is 0 Å². The molecule has 17 heavy (non-hydrogen) atoms. The molecule has 3 nitrogen and oxygen atoms in total. The Bertz CT molecular complexity index is 407. The molecule has 0 bridgehead atoms. The van der Waals surface area contributed by atoms with Gasteiger partial charge in [-0.3, -0.25) is 0 Å². The number of halogens is 1. The first-order chi connectivity index (χ1) is 8.31. The molecular weight excluding hydrogens is 278 g/mol. The molecule has 94 valence electrons. The second-order valence-electron chi connectivity index (χ2n) is 5.23. The van der Waals surface area contributed by atoms with Gasteiger partial charge < -0.3 is 5.32 Å². The smallest absolute Gasteiger partial charge is 0.139 e. The van der Waals surface area contributed by atoms with Crippen molar-refractivity contribution in [2.45, 2.75) is 51.5 Å². The highest BCUT2D eigenvalue weighted by atomic mass is 79.9. The quantitative estimate of drug-likeness (QED) is 0.901. The first kappa shape index (κ1) is 11.6. The average molecular weight is 298 g/mol. The summed E-state index contributed by atoms with van der Waals surface area (Å²) in [4.78, 5) is 0. The minimum Gasteiger partial charge on any atom is -0.369 e. The fourth-order valence-corrected chi connectivity index (χ4v) is 4.01. The van der Waals surface area contributed by atoms with Crippen molar-refractivity contribution < 1.29 is 0 Å². The van der Waals surface area contributed by atoms with Gasteiger partial charge in [-0.1, -0.05) is 19.8 Å². The van der Waals surface area contributed by atoms with Crippen LogP contribution in [0.4, 0.5) is 5.82 Å². The number of anilines is 1. The van der Waals surface area contributed by atoms with Crippen molar-refractivity contribution in [3.8, 4) is 0 Å². The van der Waals surface area contributed by atoms with Gasteiger partial charge in [-0.2, -0.15) is 5.10 Å². The Labute approximate surface area is 111 Å². The highest BCUT2D eigenvalue weighted by molar-refractivity contribution is 9.10. The summed E-state index contributed by atoms with van der Waals surface area (Å²) in [6, 6.07) is 0.630. The van der Waals surface area contributed by atoms with E-state index < -0.39 is 0 Å². The molecule has 1 saturated carbocycles. The molecule has 1 fully saturated rings. The zero-order valence-corrected chi connectivity index (χ0v) is 12.0. The lowest BCUT2D eigenvalue weighted by atomic mass is 9.94. The van der Waals surface area contributed by atoms with Gasteiger partial charge >= 0.3 is 0 Å². The number of fused-ring (bicyclic) bond motifs is 1. The third-order valence-corrected chi connectivity index (χ3v) is 5.08. The number of rotatable bonds is 2. The molecule has 2 heterocycles. The minimum absolute atomic E-state index is 0.630. The molecule has 1 N–H and O–H groups in total. The van der Waals surface area contributed by atoms with E-state index in [2.05, 4.69) is 32.9 Å². The Morgan fingerprint density at radius 3 is 2.82 bits per heavy atom. The van der Waals surface area contributed by atoms with E-state index in [0.29, 0.717) is 6.04 Å². The average Bonchev–Trinajstić information content (AvgIpc) is 2.97. The Morgan fingerprint density at radius 1 is 1.35 bits per heavy atom. The number of aromatic nitrogens is 2. The van der Waals surface area contributed by atoms with E-state index in [1.54, 1.807) is 0 Å². The van der Waals surface area contributed by atoms with Crippen LogP contribution in [0.2, 0.25) is 0 Å². The summed E-state index contributed by atoms with van der Waals surface area (Å²) < 4.78 is 3.45. The SMILES string of the molecule is CCc1nn2c(c1Br)NCCC2C1CCCC1. The van der Waals surface area contributed by atoms with Crippen LogP contribution in [0.3, 0.4) is 0 Å². The van der Waals surface area contributed by atoms with Crippen molar-refractivity contribution >= 4 is 21.7 Å². The van der Waals surface area contributed by atoms with Gasteiger partial charge in [0.25, 0.3) is 0 Å². The Balaban J connectivity index is 1.95. The molecule has 1 aliphatic heterocycles. The fourth-order valence-electron chi connectivity index (χ4n) is 3.32. The molecule has 1 aromatic heterocycles. The molecule has 0 saturated heterocycles. The molecule has 0 spiro atoms. The Kier molecular flexibility index (Phi) is 3.16. The Morgan fingerprint density at radius 2 is 2.12 bits per heavy atom. The number of nitrogens with zero attached hydrogens (tertiary/aromatic N) is 2. The summed E-state index contributed by atoms with van der Waals surface area (Å²) in [7, 11) is 0. The van der Waals surface area contributed by atoms with Crippen molar-refractivity contribution in [1.82, 2.24) is 9.78 Å². The highest BCUT2D eigenvalue weighted by Crippen LogP contribution is 2.41. The monoisotopic (exact) mass is 297 g/mol. The molecule has 1 atom stereocenters. The molecule has 1 aliphatic carbocycles. The summed E-state index contributed by atoms with van der Waals surface area (Å²) in [6.07, 6.45) is 7.83. The van der Waals surface area contributed by atoms with Gasteiger partial charge in [0, 0.05) is 6.54 Å². The summed E-state index contributed by atoms with van der Waals surface area (Å²) in [5, 5.41) is 8.29. The zero-order valence-electron chi connectivity index (χ0n) is 10.4. The lowest BCUT2D eigenvalue weighted by Crippen LogP contribution is -2.28. The Hall–Kier alpha value is -0.510. The second-order valence-corrected chi connectivity index (χ2v) is 6.03. The van der Waals surface area contributed by atoms with Gasteiger partial charge in [0.2, 0.25) is 0 Å². The predicted molar refractivity (Wildman–Crippen MR) is 73.4 cm³/mol. The number of aryl methyl sites for hydroxylation is 1. The molecule has 2 aliphatic rings. The summed E-state index contributed by atoms with van der Waals surface area (Å²) >= 11 is 3.69. The van der Waals surface area contributed by atoms with Crippen LogP contribution in [0.15, 0.2) is 4.47 Å². The van der Waals surface area contributed by atoms with E-state index in [9.17, 15) is 0 Å². The van der Waals surface area contributed by atoms with E-state index in [0.717, 1.165) is 18.9 Å². The van der Waals surface area contributed by atoms with Crippen LogP contribution in [0.1, 0.15) is 50.8 Å². The van der Waals surface area contributed by atoms with Crippen LogP contribution in [0, 0.1) is 5.92 Å². The first-order valence-electron chi connectivity index (χ1n) is 6.82. The van der Waals surface area contributed by atoms with Crippen molar-refractivity contribution in [3.05, 3.63) is 10.2 Å². The fraction of sp³-hybridized carbons (Fsp3) is 0.769. The van der Waals surface area contributed by atoms with Crippen molar-refractivity contribution in [3.63, 3.8) is 0 Å². The lowest BCUT2D eigenvalue weighted by molar-refractivity contribution is 0.289. The van der Waals surface area contributed by atoms with Crippen molar-refractivity contribution in [2.75, 3.05) is 11.9 Å². The summed E-state index contributed by atoms with van der Waals surface area (Å²) in [5.74, 6) is 2.07. The summed E-state index contributed by atoms with van der Waals surface area (Å²) in [5.41, 5.74) is 1.19. The van der Waals surface area contributed by atoms with E-state index in [1.165, 1.54) is 48.1 Å². The maximum Gasteiger partial charge on any atom is 0.139 e. The van der Waals surface area contributed by atoms with E-state index in [1.807, 2.05) is 0 Å². The standard InChI is InChI=1S/C13H20BrN3/c1-2-10-12(14)13-15-8-7-11(17(13)16-10)9-5-3-4-6-9/h9,11,15H,2-8H2,1H3. The molecule has 4 heteroatoms. The minimum atomic E-state index is 0.630. The van der Waals surface area contributed by atoms with Gasteiger partial charge in [-0.25, -0.2) is 4.68 Å². The normalized spacial score (nSPS) is 24.7. The molecular formula is C13H20BrN3. The van der Waals surface area contributed by atoms with Crippen molar-refractivity contribution in [1.29, 1.82) is 0 Å². The topological polar surface area (TPSA) is 29.9 Å². The van der Waals surface area contributed by atoms with E-state index in [-0.39, 0.29) is 0 Å². The maximum absolute atomic E-state index is 4.80. The third kappa shape index (κ3) is 1.90. The van der Waals surface area contributed by atoms with Gasteiger partial charge in [0.1, 0.15) is 5.82 Å². The summed E-state index contributed by atoms with van der Waals surface area (Å²) in [6.45, 7) is 3.26.